The fraction of sp³-hybridized carbons (Fsp3) is 0.240. The van der Waals surface area contributed by atoms with Gasteiger partial charge < -0.3 is 4.90 Å². The van der Waals surface area contributed by atoms with Crippen molar-refractivity contribution in [2.75, 3.05) is 6.54 Å². The Labute approximate surface area is 161 Å². The average molecular weight is 355 g/mol. The molecule has 27 heavy (non-hydrogen) atoms. The predicted octanol–water partition coefficient (Wildman–Crippen LogP) is 5.57. The molecule has 136 valence electrons. The minimum atomic E-state index is -0.253. The predicted molar refractivity (Wildman–Crippen MR) is 109 cm³/mol. The molecule has 0 spiro atoms. The largest absolute Gasteiger partial charge is 0.335 e. The summed E-state index contributed by atoms with van der Waals surface area (Å²) in [6, 6.07) is 31.0. The van der Waals surface area contributed by atoms with Crippen molar-refractivity contribution < 1.29 is 4.79 Å². The van der Waals surface area contributed by atoms with Gasteiger partial charge in [0.1, 0.15) is 0 Å². The first kappa shape index (κ1) is 17.5. The molecule has 0 N–H and O–H groups in total. The van der Waals surface area contributed by atoms with Gasteiger partial charge in [-0.15, -0.1) is 0 Å². The highest BCUT2D eigenvalue weighted by molar-refractivity contribution is 5.87. The molecule has 3 aromatic carbocycles. The molecule has 2 heteroatoms. The van der Waals surface area contributed by atoms with Crippen LogP contribution in [0.1, 0.15) is 47.9 Å². The lowest BCUT2D eigenvalue weighted by molar-refractivity contribution is -0.135. The third kappa shape index (κ3) is 3.80. The average Bonchev–Trinajstić information content (AvgIpc) is 2.76. The Kier molecular flexibility index (Phi) is 5.34. The lowest BCUT2D eigenvalue weighted by atomic mass is 9.87. The van der Waals surface area contributed by atoms with Gasteiger partial charge in [0, 0.05) is 6.54 Å². The highest BCUT2D eigenvalue weighted by Crippen LogP contribution is 2.35. The van der Waals surface area contributed by atoms with E-state index in [1.807, 2.05) is 42.5 Å². The number of carbonyl (C=O) groups excluding carboxylic acids is 1. The number of hydrogen-bond acceptors (Lipinski definition) is 1. The maximum atomic E-state index is 13.8. The van der Waals surface area contributed by atoms with Crippen LogP contribution in [0.25, 0.3) is 0 Å². The molecule has 1 aliphatic heterocycles. The van der Waals surface area contributed by atoms with Gasteiger partial charge in [-0.25, -0.2) is 0 Å². The number of piperidine rings is 1. The molecule has 3 aromatic rings. The van der Waals surface area contributed by atoms with Gasteiger partial charge in [0.25, 0.3) is 0 Å². The van der Waals surface area contributed by atoms with Crippen LogP contribution in [0.3, 0.4) is 0 Å². The van der Waals surface area contributed by atoms with Crippen molar-refractivity contribution in [3.8, 4) is 0 Å². The van der Waals surface area contributed by atoms with Crippen molar-refractivity contribution >= 4 is 5.91 Å². The van der Waals surface area contributed by atoms with Crippen LogP contribution in [0, 0.1) is 0 Å². The van der Waals surface area contributed by atoms with Gasteiger partial charge in [0.2, 0.25) is 5.91 Å². The van der Waals surface area contributed by atoms with Crippen molar-refractivity contribution in [2.24, 2.45) is 0 Å². The summed E-state index contributed by atoms with van der Waals surface area (Å²) in [6.45, 7) is 0.828. The zero-order chi connectivity index (χ0) is 18.5. The van der Waals surface area contributed by atoms with Gasteiger partial charge in [-0.2, -0.15) is 0 Å². The van der Waals surface area contributed by atoms with Gasteiger partial charge >= 0.3 is 0 Å². The quantitative estimate of drug-likeness (QED) is 0.599. The molecule has 0 bridgehead atoms. The van der Waals surface area contributed by atoms with Crippen LogP contribution in [0.2, 0.25) is 0 Å². The van der Waals surface area contributed by atoms with Gasteiger partial charge in [0.15, 0.2) is 0 Å². The fourth-order valence-electron chi connectivity index (χ4n) is 4.15. The number of hydrogen-bond donors (Lipinski definition) is 0. The van der Waals surface area contributed by atoms with E-state index in [2.05, 4.69) is 53.4 Å². The Bertz CT molecular complexity index is 821. The fourth-order valence-corrected chi connectivity index (χ4v) is 4.15. The van der Waals surface area contributed by atoms with Crippen LogP contribution in [-0.2, 0) is 4.79 Å². The van der Waals surface area contributed by atoms with Crippen LogP contribution in [0.5, 0.6) is 0 Å². The Morgan fingerprint density at radius 1 is 0.741 bits per heavy atom. The zero-order valence-electron chi connectivity index (χ0n) is 15.5. The second-order valence-electron chi connectivity index (χ2n) is 7.21. The summed E-state index contributed by atoms with van der Waals surface area (Å²) in [6.07, 6.45) is 3.28. The first-order chi connectivity index (χ1) is 13.3. The van der Waals surface area contributed by atoms with Crippen LogP contribution in [0.15, 0.2) is 91.0 Å². The molecule has 1 aliphatic rings. The maximum absolute atomic E-state index is 13.8. The maximum Gasteiger partial charge on any atom is 0.235 e. The van der Waals surface area contributed by atoms with Crippen molar-refractivity contribution in [2.45, 2.75) is 31.2 Å². The standard InChI is InChI=1S/C25H25NO/c27-25(26-19-11-10-18-23(26)20-12-4-1-5-13-20)24(21-14-6-2-7-15-21)22-16-8-3-9-17-22/h1-9,12-17,23-24H,10-11,18-19H2. The van der Waals surface area contributed by atoms with Gasteiger partial charge in [0.05, 0.1) is 12.0 Å². The van der Waals surface area contributed by atoms with Crippen molar-refractivity contribution in [1.29, 1.82) is 0 Å². The van der Waals surface area contributed by atoms with Gasteiger partial charge in [-0.1, -0.05) is 91.0 Å². The summed E-state index contributed by atoms with van der Waals surface area (Å²) < 4.78 is 0. The third-order valence-electron chi connectivity index (χ3n) is 5.48. The molecule has 1 saturated heterocycles. The molecule has 0 saturated carbocycles. The Hall–Kier alpha value is -2.87. The van der Waals surface area contributed by atoms with E-state index in [1.54, 1.807) is 0 Å². The Morgan fingerprint density at radius 2 is 1.26 bits per heavy atom. The molecule has 1 fully saturated rings. The van der Waals surface area contributed by atoms with Crippen molar-refractivity contribution in [3.63, 3.8) is 0 Å². The molecule has 1 unspecified atom stereocenters. The van der Waals surface area contributed by atoms with E-state index >= 15 is 0 Å². The van der Waals surface area contributed by atoms with E-state index < -0.39 is 0 Å². The molecule has 0 aromatic heterocycles. The van der Waals surface area contributed by atoms with Crippen LogP contribution in [-0.4, -0.2) is 17.4 Å². The SMILES string of the molecule is O=C(C(c1ccccc1)c1ccccc1)N1CCCCC1c1ccccc1. The van der Waals surface area contributed by atoms with E-state index in [-0.39, 0.29) is 17.9 Å². The van der Waals surface area contributed by atoms with Gasteiger partial charge in [-0.05, 0) is 36.0 Å². The van der Waals surface area contributed by atoms with Gasteiger partial charge in [-0.3, -0.25) is 4.79 Å². The summed E-state index contributed by atoms with van der Waals surface area (Å²) in [5.41, 5.74) is 3.36. The van der Waals surface area contributed by atoms with E-state index in [9.17, 15) is 4.79 Å². The summed E-state index contributed by atoms with van der Waals surface area (Å²) >= 11 is 0. The molecule has 2 nitrogen and oxygen atoms in total. The van der Waals surface area contributed by atoms with E-state index in [0.717, 1.165) is 30.5 Å². The topological polar surface area (TPSA) is 20.3 Å². The number of rotatable bonds is 4. The normalized spacial score (nSPS) is 17.1. The number of nitrogens with zero attached hydrogens (tertiary/aromatic N) is 1. The molecular weight excluding hydrogens is 330 g/mol. The van der Waals surface area contributed by atoms with Crippen LogP contribution < -0.4 is 0 Å². The second-order valence-corrected chi connectivity index (χ2v) is 7.21. The molecule has 0 aliphatic carbocycles. The summed E-state index contributed by atoms with van der Waals surface area (Å²) in [5.74, 6) is -0.0438. The molecule has 1 heterocycles. The first-order valence-electron chi connectivity index (χ1n) is 9.80. The highest BCUT2D eigenvalue weighted by Gasteiger charge is 2.33. The summed E-state index contributed by atoms with van der Waals surface area (Å²) in [7, 11) is 0. The Balaban J connectivity index is 1.72. The lowest BCUT2D eigenvalue weighted by Crippen LogP contribution is -2.41. The van der Waals surface area contributed by atoms with Crippen LogP contribution >= 0.6 is 0 Å². The minimum Gasteiger partial charge on any atom is -0.335 e. The number of amides is 1. The van der Waals surface area contributed by atoms with Crippen LogP contribution in [0.4, 0.5) is 0 Å². The number of carbonyl (C=O) groups is 1. The molecular formula is C25H25NO. The number of likely N-dealkylation sites (tertiary alicyclic amines) is 1. The molecule has 1 amide bonds. The Morgan fingerprint density at radius 3 is 1.81 bits per heavy atom. The lowest BCUT2D eigenvalue weighted by Gasteiger charge is -2.38. The molecule has 0 radical (unpaired) electrons. The van der Waals surface area contributed by atoms with E-state index in [4.69, 9.17) is 0 Å². The highest BCUT2D eigenvalue weighted by atomic mass is 16.2. The van der Waals surface area contributed by atoms with E-state index in [1.165, 1.54) is 12.0 Å². The zero-order valence-corrected chi connectivity index (χ0v) is 15.5. The number of benzene rings is 3. The monoisotopic (exact) mass is 355 g/mol. The van der Waals surface area contributed by atoms with Crippen molar-refractivity contribution in [3.05, 3.63) is 108 Å². The smallest absolute Gasteiger partial charge is 0.235 e. The summed E-state index contributed by atoms with van der Waals surface area (Å²) in [4.78, 5) is 15.9. The summed E-state index contributed by atoms with van der Waals surface area (Å²) in [5, 5.41) is 0. The first-order valence-corrected chi connectivity index (χ1v) is 9.80. The molecule has 4 rings (SSSR count). The van der Waals surface area contributed by atoms with Crippen molar-refractivity contribution in [1.82, 2.24) is 4.90 Å². The minimum absolute atomic E-state index is 0.169. The van der Waals surface area contributed by atoms with E-state index in [0.29, 0.717) is 0 Å². The molecule has 1 atom stereocenters. The third-order valence-corrected chi connectivity index (χ3v) is 5.48. The second kappa shape index (κ2) is 8.22.